The molecular formula is C13H14Cl2N4O. The second-order valence-electron chi connectivity index (χ2n) is 4.66. The molecule has 20 heavy (non-hydrogen) atoms. The van der Waals surface area contributed by atoms with Crippen LogP contribution in [0.4, 0.5) is 5.82 Å². The van der Waals surface area contributed by atoms with E-state index < -0.39 is 0 Å². The van der Waals surface area contributed by atoms with Crippen LogP contribution >= 0.6 is 23.2 Å². The number of carbonyl (C=O) groups is 1. The van der Waals surface area contributed by atoms with Gasteiger partial charge in [0.25, 0.3) is 0 Å². The molecule has 5 nitrogen and oxygen atoms in total. The molecule has 0 aromatic carbocycles. The smallest absolute Gasteiger partial charge is 0.230 e. The average Bonchev–Trinajstić information content (AvgIpc) is 2.79. The lowest BCUT2D eigenvalue weighted by Gasteiger charge is -2.16. The predicted octanol–water partition coefficient (Wildman–Crippen LogP) is 3.19. The average molecular weight is 313 g/mol. The third-order valence-corrected chi connectivity index (χ3v) is 3.22. The van der Waals surface area contributed by atoms with Crippen LogP contribution in [0.25, 0.3) is 5.69 Å². The lowest BCUT2D eigenvalue weighted by Crippen LogP contribution is -2.30. The number of aromatic nitrogens is 3. The van der Waals surface area contributed by atoms with Crippen molar-refractivity contribution in [1.29, 1.82) is 0 Å². The van der Waals surface area contributed by atoms with E-state index in [-0.39, 0.29) is 11.8 Å². The molecule has 0 fully saturated rings. The summed E-state index contributed by atoms with van der Waals surface area (Å²) in [7, 11) is 1.65. The molecule has 0 spiro atoms. The van der Waals surface area contributed by atoms with Crippen molar-refractivity contribution < 1.29 is 4.79 Å². The standard InChI is InChI=1S/C13H14Cl2N4O/c1-8(2)13(20)18(3)12-11(15)7-19(17-12)10-4-9(14)5-16-6-10/h4-8H,1-3H3. The minimum atomic E-state index is -0.131. The van der Waals surface area contributed by atoms with Gasteiger partial charge in [-0.05, 0) is 6.07 Å². The first kappa shape index (κ1) is 14.8. The van der Waals surface area contributed by atoms with Gasteiger partial charge >= 0.3 is 0 Å². The molecule has 0 aliphatic rings. The quantitative estimate of drug-likeness (QED) is 0.874. The molecule has 0 bridgehead atoms. The van der Waals surface area contributed by atoms with Crippen LogP contribution in [0.15, 0.2) is 24.7 Å². The number of rotatable bonds is 3. The third kappa shape index (κ3) is 2.94. The highest BCUT2D eigenvalue weighted by atomic mass is 35.5. The van der Waals surface area contributed by atoms with E-state index in [9.17, 15) is 4.79 Å². The van der Waals surface area contributed by atoms with Crippen LogP contribution in [0.1, 0.15) is 13.8 Å². The van der Waals surface area contributed by atoms with Gasteiger partial charge < -0.3 is 0 Å². The van der Waals surface area contributed by atoms with Crippen LogP contribution in [0.5, 0.6) is 0 Å². The van der Waals surface area contributed by atoms with Crippen LogP contribution in [0.3, 0.4) is 0 Å². The zero-order valence-corrected chi connectivity index (χ0v) is 12.9. The summed E-state index contributed by atoms with van der Waals surface area (Å²) in [5, 5.41) is 5.21. The van der Waals surface area contributed by atoms with Gasteiger partial charge in [-0.25, -0.2) is 4.68 Å². The minimum Gasteiger partial charge on any atom is -0.297 e. The number of nitrogens with zero attached hydrogens (tertiary/aromatic N) is 4. The Morgan fingerprint density at radius 3 is 2.65 bits per heavy atom. The van der Waals surface area contributed by atoms with Crippen molar-refractivity contribution in [2.24, 2.45) is 5.92 Å². The van der Waals surface area contributed by atoms with E-state index in [0.29, 0.717) is 21.6 Å². The van der Waals surface area contributed by atoms with Gasteiger partial charge in [0.1, 0.15) is 5.02 Å². The highest BCUT2D eigenvalue weighted by Gasteiger charge is 2.20. The highest BCUT2D eigenvalue weighted by molar-refractivity contribution is 6.33. The maximum absolute atomic E-state index is 12.0. The summed E-state index contributed by atoms with van der Waals surface area (Å²) < 4.78 is 1.54. The first-order valence-corrected chi connectivity index (χ1v) is 6.79. The molecule has 0 aliphatic heterocycles. The van der Waals surface area contributed by atoms with Gasteiger partial charge in [-0.1, -0.05) is 37.0 Å². The van der Waals surface area contributed by atoms with Gasteiger partial charge in [-0.2, -0.15) is 0 Å². The molecule has 0 radical (unpaired) electrons. The largest absolute Gasteiger partial charge is 0.297 e. The number of hydrogen-bond acceptors (Lipinski definition) is 3. The van der Waals surface area contributed by atoms with E-state index in [1.807, 2.05) is 13.8 Å². The molecule has 0 aliphatic carbocycles. The summed E-state index contributed by atoms with van der Waals surface area (Å²) in [6.07, 6.45) is 4.77. The first-order chi connectivity index (χ1) is 9.40. The molecule has 2 heterocycles. The van der Waals surface area contributed by atoms with Crippen LogP contribution < -0.4 is 4.90 Å². The maximum atomic E-state index is 12.0. The van der Waals surface area contributed by atoms with Crippen molar-refractivity contribution in [2.75, 3.05) is 11.9 Å². The lowest BCUT2D eigenvalue weighted by molar-refractivity contribution is -0.121. The molecule has 0 saturated heterocycles. The third-order valence-electron chi connectivity index (χ3n) is 2.75. The van der Waals surface area contributed by atoms with Crippen LogP contribution in [-0.4, -0.2) is 27.7 Å². The van der Waals surface area contributed by atoms with Crippen LogP contribution in [-0.2, 0) is 4.79 Å². The van der Waals surface area contributed by atoms with E-state index in [1.165, 1.54) is 11.1 Å². The molecule has 0 unspecified atom stereocenters. The number of hydrogen-bond donors (Lipinski definition) is 0. The number of amides is 1. The molecule has 2 aromatic heterocycles. The minimum absolute atomic E-state index is 0.0543. The zero-order valence-electron chi connectivity index (χ0n) is 11.3. The van der Waals surface area contributed by atoms with E-state index in [4.69, 9.17) is 23.2 Å². The molecule has 2 aromatic rings. The Labute approximate surface area is 127 Å². The summed E-state index contributed by atoms with van der Waals surface area (Å²) in [5.74, 6) is 0.223. The van der Waals surface area contributed by atoms with Crippen molar-refractivity contribution in [1.82, 2.24) is 14.8 Å². The second kappa shape index (κ2) is 5.81. The zero-order chi connectivity index (χ0) is 14.9. The van der Waals surface area contributed by atoms with Crippen molar-refractivity contribution in [3.8, 4) is 5.69 Å². The number of anilines is 1. The molecular weight excluding hydrogens is 299 g/mol. The molecule has 0 saturated carbocycles. The molecule has 0 atom stereocenters. The Morgan fingerprint density at radius 1 is 1.35 bits per heavy atom. The van der Waals surface area contributed by atoms with Crippen molar-refractivity contribution in [2.45, 2.75) is 13.8 Å². The van der Waals surface area contributed by atoms with Gasteiger partial charge in [-0.15, -0.1) is 5.10 Å². The normalized spacial score (nSPS) is 10.9. The predicted molar refractivity (Wildman–Crippen MR) is 79.6 cm³/mol. The van der Waals surface area contributed by atoms with Crippen LogP contribution in [0.2, 0.25) is 10.0 Å². The Balaban J connectivity index is 2.37. The van der Waals surface area contributed by atoms with Gasteiger partial charge in [0.15, 0.2) is 5.82 Å². The van der Waals surface area contributed by atoms with Crippen LogP contribution in [0, 0.1) is 5.92 Å². The summed E-state index contributed by atoms with van der Waals surface area (Å²) in [5.41, 5.74) is 0.677. The fourth-order valence-electron chi connectivity index (χ4n) is 1.72. The Morgan fingerprint density at radius 2 is 2.05 bits per heavy atom. The lowest BCUT2D eigenvalue weighted by atomic mass is 10.2. The summed E-state index contributed by atoms with van der Waals surface area (Å²) >= 11 is 12.0. The first-order valence-electron chi connectivity index (χ1n) is 6.04. The number of carbonyl (C=O) groups excluding carboxylic acids is 1. The van der Waals surface area contributed by atoms with Gasteiger partial charge in [0.05, 0.1) is 23.1 Å². The number of pyridine rings is 1. The Kier molecular flexibility index (Phi) is 4.30. The van der Waals surface area contributed by atoms with Gasteiger partial charge in [0.2, 0.25) is 5.91 Å². The Bertz CT molecular complexity index is 639. The summed E-state index contributed by atoms with van der Waals surface area (Å²) in [6.45, 7) is 3.65. The molecule has 0 N–H and O–H groups in total. The van der Waals surface area contributed by atoms with E-state index in [1.54, 1.807) is 30.2 Å². The fourth-order valence-corrected chi connectivity index (χ4v) is 2.15. The topological polar surface area (TPSA) is 51.0 Å². The summed E-state index contributed by atoms with van der Waals surface area (Å²) in [6, 6.07) is 1.71. The van der Waals surface area contributed by atoms with Gasteiger partial charge in [0, 0.05) is 19.2 Å². The van der Waals surface area contributed by atoms with E-state index in [0.717, 1.165) is 0 Å². The van der Waals surface area contributed by atoms with E-state index >= 15 is 0 Å². The Hall–Kier alpha value is -1.59. The van der Waals surface area contributed by atoms with Crippen molar-refractivity contribution in [3.05, 3.63) is 34.7 Å². The van der Waals surface area contributed by atoms with Crippen molar-refractivity contribution in [3.63, 3.8) is 0 Å². The molecule has 106 valence electrons. The number of halogens is 2. The molecule has 1 amide bonds. The highest BCUT2D eigenvalue weighted by Crippen LogP contribution is 2.26. The SMILES string of the molecule is CC(C)C(=O)N(C)c1nn(-c2cncc(Cl)c2)cc1Cl. The maximum Gasteiger partial charge on any atom is 0.230 e. The summed E-state index contributed by atoms with van der Waals surface area (Å²) in [4.78, 5) is 17.4. The van der Waals surface area contributed by atoms with Crippen molar-refractivity contribution >= 4 is 34.9 Å². The second-order valence-corrected chi connectivity index (χ2v) is 5.50. The fraction of sp³-hybridized carbons (Fsp3) is 0.308. The molecule has 2 rings (SSSR count). The van der Waals surface area contributed by atoms with Gasteiger partial charge in [-0.3, -0.25) is 14.7 Å². The monoisotopic (exact) mass is 312 g/mol. The van der Waals surface area contributed by atoms with E-state index in [2.05, 4.69) is 10.1 Å². The molecule has 7 heteroatoms.